The predicted octanol–water partition coefficient (Wildman–Crippen LogP) is 7.21. The van der Waals surface area contributed by atoms with Crippen molar-refractivity contribution >= 4 is 41.3 Å². The highest BCUT2D eigenvalue weighted by Crippen LogP contribution is 2.17. The van der Waals surface area contributed by atoms with Crippen LogP contribution >= 0.6 is 11.6 Å². The molecule has 0 bridgehead atoms. The van der Waals surface area contributed by atoms with Crippen molar-refractivity contribution < 1.29 is 14.3 Å². The summed E-state index contributed by atoms with van der Waals surface area (Å²) in [7, 11) is 0. The number of hydrogen-bond donors (Lipinski definition) is 0. The van der Waals surface area contributed by atoms with Gasteiger partial charge < -0.3 is 4.74 Å². The number of aliphatic imine (C=N–C) groups is 1. The zero-order valence-corrected chi connectivity index (χ0v) is 18.9. The molecule has 4 nitrogen and oxygen atoms in total. The van der Waals surface area contributed by atoms with Gasteiger partial charge in [0.1, 0.15) is 5.75 Å². The summed E-state index contributed by atoms with van der Waals surface area (Å²) in [5.74, 6) is -0.0852. The molecule has 4 aromatic rings. The largest absolute Gasteiger partial charge is 0.423 e. The molecule has 0 radical (unpaired) electrons. The molecule has 0 aliphatic heterocycles. The average Bonchev–Trinajstić information content (AvgIpc) is 2.88. The van der Waals surface area contributed by atoms with Crippen LogP contribution in [0.3, 0.4) is 0 Å². The van der Waals surface area contributed by atoms with Crippen molar-refractivity contribution in [3.8, 4) is 5.75 Å². The van der Waals surface area contributed by atoms with Crippen LogP contribution in [0.1, 0.15) is 31.8 Å². The van der Waals surface area contributed by atoms with E-state index in [0.717, 1.165) is 16.8 Å². The topological polar surface area (TPSA) is 55.7 Å². The highest BCUT2D eigenvalue weighted by atomic mass is 35.5. The fraction of sp³-hybridized carbons (Fsp3) is 0. The number of carbonyl (C=O) groups excluding carboxylic acids is 2. The number of halogens is 1. The molecule has 4 aromatic carbocycles. The number of hydrogen-bond acceptors (Lipinski definition) is 4. The molecule has 4 rings (SSSR count). The summed E-state index contributed by atoms with van der Waals surface area (Å²) < 4.78 is 5.38. The van der Waals surface area contributed by atoms with E-state index in [2.05, 4.69) is 4.99 Å². The first-order chi connectivity index (χ1) is 16.6. The Labute approximate surface area is 202 Å². The lowest BCUT2D eigenvalue weighted by Gasteiger charge is -2.04. The van der Waals surface area contributed by atoms with Crippen LogP contribution in [0.15, 0.2) is 114 Å². The number of ketones is 1. The maximum absolute atomic E-state index is 12.4. The van der Waals surface area contributed by atoms with E-state index in [1.54, 1.807) is 91.2 Å². The molecule has 34 heavy (non-hydrogen) atoms. The van der Waals surface area contributed by atoms with E-state index in [1.165, 1.54) is 0 Å². The van der Waals surface area contributed by atoms with Gasteiger partial charge in [-0.1, -0.05) is 48.0 Å². The summed E-state index contributed by atoms with van der Waals surface area (Å²) in [5, 5.41) is 0.557. The maximum Gasteiger partial charge on any atom is 0.343 e. The Morgan fingerprint density at radius 3 is 2.03 bits per heavy atom. The van der Waals surface area contributed by atoms with Crippen molar-refractivity contribution in [1.29, 1.82) is 0 Å². The molecule has 0 aromatic heterocycles. The zero-order valence-electron chi connectivity index (χ0n) is 18.1. The van der Waals surface area contributed by atoms with Gasteiger partial charge in [-0.25, -0.2) is 4.79 Å². The van der Waals surface area contributed by atoms with Crippen LogP contribution in [0, 0.1) is 0 Å². The van der Waals surface area contributed by atoms with Crippen LogP contribution < -0.4 is 4.74 Å². The third kappa shape index (κ3) is 6.37. The minimum atomic E-state index is -0.452. The van der Waals surface area contributed by atoms with Crippen molar-refractivity contribution in [3.63, 3.8) is 0 Å². The van der Waals surface area contributed by atoms with Crippen molar-refractivity contribution in [2.24, 2.45) is 4.99 Å². The lowest BCUT2D eigenvalue weighted by molar-refractivity contribution is 0.0734. The van der Waals surface area contributed by atoms with E-state index in [9.17, 15) is 9.59 Å². The van der Waals surface area contributed by atoms with Gasteiger partial charge in [-0.3, -0.25) is 9.79 Å². The van der Waals surface area contributed by atoms with Gasteiger partial charge in [-0.05, 0) is 90.0 Å². The second-order valence-electron chi connectivity index (χ2n) is 7.38. The minimum Gasteiger partial charge on any atom is -0.423 e. The molecule has 0 N–H and O–H groups in total. The van der Waals surface area contributed by atoms with Crippen LogP contribution in [0.5, 0.6) is 5.75 Å². The third-order valence-electron chi connectivity index (χ3n) is 4.91. The zero-order chi connectivity index (χ0) is 23.8. The Kier molecular flexibility index (Phi) is 7.43. The minimum absolute atomic E-state index is 0.0666. The van der Waals surface area contributed by atoms with E-state index in [-0.39, 0.29) is 5.78 Å². The second-order valence-corrected chi connectivity index (χ2v) is 7.82. The van der Waals surface area contributed by atoms with Gasteiger partial charge >= 0.3 is 5.97 Å². The molecule has 0 aliphatic carbocycles. The average molecular weight is 466 g/mol. The molecule has 0 spiro atoms. The summed E-state index contributed by atoms with van der Waals surface area (Å²) in [6.45, 7) is 0. The third-order valence-corrected chi connectivity index (χ3v) is 5.16. The summed E-state index contributed by atoms with van der Waals surface area (Å²) in [4.78, 5) is 29.0. The number of ether oxygens (including phenoxy) is 1. The van der Waals surface area contributed by atoms with Crippen molar-refractivity contribution in [3.05, 3.63) is 136 Å². The molecule has 166 valence electrons. The van der Waals surface area contributed by atoms with Crippen LogP contribution in [0.2, 0.25) is 5.02 Å². The summed E-state index contributed by atoms with van der Waals surface area (Å²) in [6.07, 6.45) is 5.07. The summed E-state index contributed by atoms with van der Waals surface area (Å²) in [5.41, 5.74) is 3.56. The van der Waals surface area contributed by atoms with Crippen molar-refractivity contribution in [2.75, 3.05) is 0 Å². The monoisotopic (exact) mass is 465 g/mol. The Morgan fingerprint density at radius 1 is 0.706 bits per heavy atom. The molecule has 0 aliphatic rings. The molecule has 0 saturated carbocycles. The van der Waals surface area contributed by atoms with Crippen LogP contribution in [0.25, 0.3) is 6.08 Å². The lowest BCUT2D eigenvalue weighted by atomic mass is 10.1. The molecular weight excluding hydrogens is 446 g/mol. The number of allylic oxidation sites excluding steroid dienone is 1. The van der Waals surface area contributed by atoms with Gasteiger partial charge in [0.2, 0.25) is 0 Å². The number of esters is 1. The Hall–Kier alpha value is -4.28. The maximum atomic E-state index is 12.4. The van der Waals surface area contributed by atoms with Crippen molar-refractivity contribution in [2.45, 2.75) is 0 Å². The highest BCUT2D eigenvalue weighted by molar-refractivity contribution is 6.30. The number of nitrogens with zero attached hydrogens (tertiary/aromatic N) is 1. The van der Waals surface area contributed by atoms with E-state index in [0.29, 0.717) is 21.9 Å². The first-order valence-corrected chi connectivity index (χ1v) is 10.9. The summed E-state index contributed by atoms with van der Waals surface area (Å²) in [6, 6.07) is 30.3. The van der Waals surface area contributed by atoms with Crippen LogP contribution in [0.4, 0.5) is 5.69 Å². The first kappa shape index (κ1) is 22.9. The quantitative estimate of drug-likeness (QED) is 0.0952. The molecular formula is C29H20ClNO3. The fourth-order valence-corrected chi connectivity index (χ4v) is 3.19. The SMILES string of the molecule is O=C(C=Cc1ccccc1)c1ccc(N=Cc2ccc(OC(=O)c3ccc(Cl)cc3)cc2)cc1. The first-order valence-electron chi connectivity index (χ1n) is 10.6. The van der Waals surface area contributed by atoms with Gasteiger partial charge in [0, 0.05) is 16.8 Å². The molecule has 0 saturated heterocycles. The normalized spacial score (nSPS) is 11.1. The number of carbonyl (C=O) groups is 2. The van der Waals surface area contributed by atoms with E-state index in [1.807, 2.05) is 30.3 Å². The van der Waals surface area contributed by atoms with Gasteiger partial charge in [0.25, 0.3) is 0 Å². The fourth-order valence-electron chi connectivity index (χ4n) is 3.07. The Balaban J connectivity index is 1.34. The van der Waals surface area contributed by atoms with E-state index >= 15 is 0 Å². The van der Waals surface area contributed by atoms with Crippen LogP contribution in [-0.2, 0) is 0 Å². The van der Waals surface area contributed by atoms with Gasteiger partial charge in [0.15, 0.2) is 5.78 Å². The van der Waals surface area contributed by atoms with E-state index < -0.39 is 5.97 Å². The van der Waals surface area contributed by atoms with E-state index in [4.69, 9.17) is 16.3 Å². The Bertz CT molecular complexity index is 1330. The number of benzene rings is 4. The second kappa shape index (κ2) is 11.0. The van der Waals surface area contributed by atoms with Crippen LogP contribution in [-0.4, -0.2) is 18.0 Å². The molecule has 0 amide bonds. The standard InChI is InChI=1S/C29H20ClNO3/c30-25-13-9-24(10-14-25)29(33)34-27-17-6-22(7-18-27)20-31-26-15-11-23(12-16-26)28(32)19-8-21-4-2-1-3-5-21/h1-20H. The highest BCUT2D eigenvalue weighted by Gasteiger charge is 2.08. The van der Waals surface area contributed by atoms with Gasteiger partial charge in [-0.15, -0.1) is 0 Å². The molecule has 0 atom stereocenters. The number of rotatable bonds is 7. The molecule has 5 heteroatoms. The lowest BCUT2D eigenvalue weighted by Crippen LogP contribution is -2.08. The predicted molar refractivity (Wildman–Crippen MR) is 136 cm³/mol. The van der Waals surface area contributed by atoms with Gasteiger partial charge in [-0.2, -0.15) is 0 Å². The Morgan fingerprint density at radius 2 is 1.35 bits per heavy atom. The van der Waals surface area contributed by atoms with Crippen molar-refractivity contribution in [1.82, 2.24) is 0 Å². The molecule has 0 heterocycles. The molecule has 0 fully saturated rings. The van der Waals surface area contributed by atoms with Gasteiger partial charge in [0.05, 0.1) is 11.3 Å². The smallest absolute Gasteiger partial charge is 0.343 e. The summed E-state index contributed by atoms with van der Waals surface area (Å²) >= 11 is 5.84. The molecule has 0 unspecified atom stereocenters.